The van der Waals surface area contributed by atoms with Gasteiger partial charge in [-0.05, 0) is 81.0 Å². The molecule has 4 heteroatoms. The van der Waals surface area contributed by atoms with Gasteiger partial charge in [-0.2, -0.15) is 0 Å². The second-order valence-electron chi connectivity index (χ2n) is 9.10. The molecule has 3 aromatic carbocycles. The van der Waals surface area contributed by atoms with E-state index in [-0.39, 0.29) is 40.1 Å². The minimum atomic E-state index is 0. The summed E-state index contributed by atoms with van der Waals surface area (Å²) in [6, 6.07) is 31.6. The van der Waals surface area contributed by atoms with Crippen molar-refractivity contribution in [3.05, 3.63) is 139 Å². The molecule has 3 nitrogen and oxygen atoms in total. The second kappa shape index (κ2) is 32.7. The second-order valence-corrected chi connectivity index (χ2v) is 9.10. The normalized spacial score (nSPS) is 8.81. The molecule has 5 aromatic rings. The number of imidazole rings is 1. The van der Waals surface area contributed by atoms with Crippen molar-refractivity contribution in [1.29, 1.82) is 0 Å². The molecule has 0 unspecified atom stereocenters. The minimum Gasteiger partial charge on any atom is -0.358 e. The van der Waals surface area contributed by atoms with Crippen molar-refractivity contribution in [2.75, 3.05) is 0 Å². The van der Waals surface area contributed by atoms with E-state index in [1.807, 2.05) is 113 Å². The quantitative estimate of drug-likeness (QED) is 0.166. The molecule has 0 saturated carbocycles. The first-order valence-corrected chi connectivity index (χ1v) is 17.6. The molecule has 0 bridgehead atoms. The number of aryl methyl sites for hydroxylation is 3. The number of fused-ring (bicyclic) bond motifs is 3. The Morgan fingerprint density at radius 3 is 1.33 bits per heavy atom. The topological polar surface area (TPSA) is 30.7 Å². The van der Waals surface area contributed by atoms with Gasteiger partial charge in [-0.1, -0.05) is 148 Å². The van der Waals surface area contributed by atoms with Crippen molar-refractivity contribution < 1.29 is 32.7 Å². The van der Waals surface area contributed by atoms with Crippen LogP contribution in [0.4, 0.5) is 0 Å². The average molecular weight is 728 g/mol. The van der Waals surface area contributed by atoms with E-state index in [9.17, 15) is 0 Å². The molecule has 263 valence electrons. The van der Waals surface area contributed by atoms with Gasteiger partial charge in [0.15, 0.2) is 0 Å². The summed E-state index contributed by atoms with van der Waals surface area (Å²) < 4.78 is 2.22. The Balaban J connectivity index is -0.000000264. The third-order valence-electron chi connectivity index (χ3n) is 6.76. The monoisotopic (exact) mass is 727 g/mol. The van der Waals surface area contributed by atoms with E-state index in [0.717, 1.165) is 30.2 Å². The predicted molar refractivity (Wildman–Crippen MR) is 214 cm³/mol. The number of benzene rings is 3. The molecule has 0 aliphatic heterocycles. The molecule has 2 heterocycles. The van der Waals surface area contributed by atoms with Crippen LogP contribution < -0.4 is 0 Å². The maximum Gasteiger partial charge on any atom is 0.106 e. The molecular formula is C44H68N3Y-. The Morgan fingerprint density at radius 2 is 0.979 bits per heavy atom. The van der Waals surface area contributed by atoms with Gasteiger partial charge in [0.25, 0.3) is 0 Å². The smallest absolute Gasteiger partial charge is 0.106 e. The molecule has 1 aliphatic carbocycles. The van der Waals surface area contributed by atoms with Crippen LogP contribution in [0, 0.1) is 35.1 Å². The van der Waals surface area contributed by atoms with E-state index < -0.39 is 0 Å². The van der Waals surface area contributed by atoms with Crippen molar-refractivity contribution >= 4 is 0 Å². The van der Waals surface area contributed by atoms with Gasteiger partial charge in [0.05, 0.1) is 11.4 Å². The van der Waals surface area contributed by atoms with Crippen LogP contribution in [-0.4, -0.2) is 14.5 Å². The van der Waals surface area contributed by atoms with Crippen LogP contribution in [0.25, 0.3) is 22.4 Å². The van der Waals surface area contributed by atoms with Crippen LogP contribution >= 0.6 is 0 Å². The number of rotatable bonds is 2. The van der Waals surface area contributed by atoms with Crippen LogP contribution in [0.3, 0.4) is 0 Å². The molecule has 48 heavy (non-hydrogen) atoms. The summed E-state index contributed by atoms with van der Waals surface area (Å²) in [5.41, 5.74) is 11.7. The summed E-state index contributed by atoms with van der Waals surface area (Å²) >= 11 is 0. The molecule has 0 saturated heterocycles. The number of aromatic nitrogens is 3. The Bertz CT molecular complexity index is 1390. The molecule has 1 aliphatic rings. The van der Waals surface area contributed by atoms with Gasteiger partial charge in [-0.3, -0.25) is 4.98 Å². The summed E-state index contributed by atoms with van der Waals surface area (Å²) in [7, 11) is 0. The standard InChI is InChI=1S/C13H10.C12H11N.C8H14N2.5C2H6.CH3.Y/c1-3-7-12-10(5-1)9-11-6-2-4-8-13(11)12;1-10-6-2-3-7-11(10)12-8-4-5-9-13-12;1-5-10-7(3)6(2)9-8(10)4;5*1-2;;/h1-8H,9H2;2-9H,1H3;5H2,1-4H3;5*1-2H3;1H3;/q;;;;;;;;-1;. The van der Waals surface area contributed by atoms with Gasteiger partial charge in [0.1, 0.15) is 5.82 Å². The molecule has 0 spiro atoms. The summed E-state index contributed by atoms with van der Waals surface area (Å²) in [4.78, 5) is 8.65. The zero-order valence-electron chi connectivity index (χ0n) is 33.6. The Labute approximate surface area is 323 Å². The number of hydrogen-bond donors (Lipinski definition) is 0. The van der Waals surface area contributed by atoms with Crippen molar-refractivity contribution in [3.8, 4) is 22.4 Å². The Kier molecular flexibility index (Phi) is 35.3. The summed E-state index contributed by atoms with van der Waals surface area (Å²) in [6.07, 6.45) is 2.92. The molecule has 1 radical (unpaired) electrons. The van der Waals surface area contributed by atoms with E-state index in [1.165, 1.54) is 39.1 Å². The molecule has 0 N–H and O–H groups in total. The first-order valence-electron chi connectivity index (χ1n) is 17.6. The molecule has 0 fully saturated rings. The van der Waals surface area contributed by atoms with Crippen molar-refractivity contribution in [1.82, 2.24) is 14.5 Å². The summed E-state index contributed by atoms with van der Waals surface area (Å²) in [5.74, 6) is 1.12. The predicted octanol–water partition coefficient (Wildman–Crippen LogP) is 13.7. The van der Waals surface area contributed by atoms with E-state index in [2.05, 4.69) is 103 Å². The van der Waals surface area contributed by atoms with Crippen LogP contribution in [0.15, 0.2) is 97.2 Å². The van der Waals surface area contributed by atoms with E-state index >= 15 is 0 Å². The van der Waals surface area contributed by atoms with Crippen LogP contribution in [0.1, 0.15) is 110 Å². The van der Waals surface area contributed by atoms with E-state index in [0.29, 0.717) is 0 Å². The number of hydrogen-bond acceptors (Lipinski definition) is 2. The third kappa shape index (κ3) is 16.5. The van der Waals surface area contributed by atoms with Gasteiger partial charge in [-0.15, -0.1) is 0 Å². The fraction of sp³-hybridized carbons (Fsp3) is 0.386. The van der Waals surface area contributed by atoms with Gasteiger partial charge >= 0.3 is 0 Å². The Morgan fingerprint density at radius 1 is 0.562 bits per heavy atom. The number of nitrogens with zero attached hydrogens (tertiary/aromatic N) is 3. The zero-order valence-corrected chi connectivity index (χ0v) is 36.4. The molecule has 0 amide bonds. The van der Waals surface area contributed by atoms with Gasteiger partial charge < -0.3 is 12.0 Å². The largest absolute Gasteiger partial charge is 0.358 e. The van der Waals surface area contributed by atoms with Crippen molar-refractivity contribution in [3.63, 3.8) is 0 Å². The molecule has 0 atom stereocenters. The molecule has 6 rings (SSSR count). The third-order valence-corrected chi connectivity index (χ3v) is 6.76. The fourth-order valence-corrected chi connectivity index (χ4v) is 4.75. The van der Waals surface area contributed by atoms with Gasteiger partial charge in [-0.25, -0.2) is 4.98 Å². The van der Waals surface area contributed by atoms with Crippen LogP contribution in [-0.2, 0) is 45.7 Å². The maximum absolute atomic E-state index is 4.34. The summed E-state index contributed by atoms with van der Waals surface area (Å²) in [6.45, 7) is 31.5. The van der Waals surface area contributed by atoms with Gasteiger partial charge in [0, 0.05) is 56.7 Å². The first kappa shape index (κ1) is 51.9. The summed E-state index contributed by atoms with van der Waals surface area (Å²) in [5, 5.41) is 0. The maximum atomic E-state index is 4.34. The van der Waals surface area contributed by atoms with Gasteiger partial charge in [0.2, 0.25) is 0 Å². The van der Waals surface area contributed by atoms with Crippen molar-refractivity contribution in [2.24, 2.45) is 0 Å². The Hall–Kier alpha value is -2.88. The minimum absolute atomic E-state index is 0. The SMILES string of the molecule is CC.CC.CC.CC.CC.CCn1c(C)nc(C)c1C.Cc1ccccc1-c1ccccn1.[CH3-].[Y].c1ccc2c(c1)Cc1ccccc1-2. The first-order chi connectivity index (χ1) is 22.5. The van der Waals surface area contributed by atoms with Crippen molar-refractivity contribution in [2.45, 2.75) is 117 Å². The molecule has 2 aromatic heterocycles. The average Bonchev–Trinajstić information content (AvgIpc) is 3.64. The van der Waals surface area contributed by atoms with E-state index in [1.54, 1.807) is 0 Å². The molecular weight excluding hydrogens is 659 g/mol. The fourth-order valence-electron chi connectivity index (χ4n) is 4.75. The van der Waals surface area contributed by atoms with Crippen LogP contribution in [0.5, 0.6) is 0 Å². The van der Waals surface area contributed by atoms with Crippen LogP contribution in [0.2, 0.25) is 0 Å². The van der Waals surface area contributed by atoms with E-state index in [4.69, 9.17) is 0 Å². The number of pyridine rings is 1. The zero-order chi connectivity index (χ0) is 35.5.